The van der Waals surface area contributed by atoms with Crippen LogP contribution in [-0.4, -0.2) is 21.2 Å². The van der Waals surface area contributed by atoms with Gasteiger partial charge in [0.15, 0.2) is 4.34 Å². The molecular formula is C13H13N3OS2. The number of thioether (sulfide) groups is 1. The Morgan fingerprint density at radius 1 is 1.26 bits per heavy atom. The van der Waals surface area contributed by atoms with E-state index in [9.17, 15) is 4.79 Å². The van der Waals surface area contributed by atoms with Crippen molar-refractivity contribution in [2.75, 3.05) is 5.32 Å². The van der Waals surface area contributed by atoms with E-state index in [1.807, 2.05) is 30.3 Å². The fourth-order valence-corrected chi connectivity index (χ4v) is 4.12. The molecule has 1 atom stereocenters. The van der Waals surface area contributed by atoms with Crippen molar-refractivity contribution >= 4 is 39.7 Å². The number of carbonyl (C=O) groups is 1. The van der Waals surface area contributed by atoms with Gasteiger partial charge in [0.25, 0.3) is 0 Å². The monoisotopic (exact) mass is 291 g/mol. The van der Waals surface area contributed by atoms with E-state index in [0.717, 1.165) is 28.0 Å². The lowest BCUT2D eigenvalue weighted by atomic mass is 10.3. The van der Waals surface area contributed by atoms with Crippen LogP contribution in [0.4, 0.5) is 10.8 Å². The van der Waals surface area contributed by atoms with E-state index in [1.165, 1.54) is 11.3 Å². The highest BCUT2D eigenvalue weighted by Gasteiger charge is 2.26. The van der Waals surface area contributed by atoms with Crippen molar-refractivity contribution in [2.24, 2.45) is 0 Å². The Morgan fingerprint density at radius 2 is 2.11 bits per heavy atom. The summed E-state index contributed by atoms with van der Waals surface area (Å²) in [4.78, 5) is 11.6. The van der Waals surface area contributed by atoms with Crippen LogP contribution in [0.2, 0.25) is 0 Å². The molecule has 0 spiro atoms. The van der Waals surface area contributed by atoms with Crippen molar-refractivity contribution < 1.29 is 4.79 Å². The molecule has 1 fully saturated rings. The molecule has 3 rings (SSSR count). The number of hydrogen-bond acceptors (Lipinski definition) is 6. The molecule has 0 saturated heterocycles. The van der Waals surface area contributed by atoms with Crippen LogP contribution < -0.4 is 5.32 Å². The molecule has 1 N–H and O–H groups in total. The minimum atomic E-state index is 0.0810. The molecule has 1 aromatic heterocycles. The second-order valence-electron chi connectivity index (χ2n) is 4.33. The second-order valence-corrected chi connectivity index (χ2v) is 6.76. The molecule has 0 bridgehead atoms. The van der Waals surface area contributed by atoms with Crippen LogP contribution >= 0.6 is 23.1 Å². The molecule has 1 aliphatic carbocycles. The largest absolute Gasteiger partial charge is 0.330 e. The van der Waals surface area contributed by atoms with Gasteiger partial charge in [0, 0.05) is 12.1 Å². The topological polar surface area (TPSA) is 54.9 Å². The van der Waals surface area contributed by atoms with E-state index in [1.54, 1.807) is 11.8 Å². The zero-order valence-corrected chi connectivity index (χ0v) is 11.8. The fraction of sp³-hybridized carbons (Fsp3) is 0.308. The van der Waals surface area contributed by atoms with Crippen molar-refractivity contribution in [3.05, 3.63) is 30.3 Å². The van der Waals surface area contributed by atoms with Crippen molar-refractivity contribution in [1.82, 2.24) is 10.2 Å². The molecule has 19 heavy (non-hydrogen) atoms. The summed E-state index contributed by atoms with van der Waals surface area (Å²) in [5.41, 5.74) is 0.993. The number of benzene rings is 1. The number of nitrogens with one attached hydrogen (secondary N) is 1. The highest BCUT2D eigenvalue weighted by Crippen LogP contribution is 2.35. The van der Waals surface area contributed by atoms with Gasteiger partial charge in [-0.25, -0.2) is 0 Å². The van der Waals surface area contributed by atoms with E-state index in [0.29, 0.717) is 12.2 Å². The van der Waals surface area contributed by atoms with E-state index in [2.05, 4.69) is 15.5 Å². The predicted molar refractivity (Wildman–Crippen MR) is 78.1 cm³/mol. The molecule has 0 aliphatic heterocycles. The van der Waals surface area contributed by atoms with E-state index < -0.39 is 0 Å². The zero-order chi connectivity index (χ0) is 13.1. The molecule has 1 aliphatic rings. The molecule has 6 heteroatoms. The highest BCUT2D eigenvalue weighted by atomic mass is 32.2. The number of ketones is 1. The van der Waals surface area contributed by atoms with Gasteiger partial charge < -0.3 is 5.32 Å². The standard InChI is InChI=1S/C13H13N3OS2/c17-10-7-4-8-11(10)18-13-16-15-12(19-13)14-9-5-2-1-3-6-9/h1-3,5-6,11H,4,7-8H2,(H,14,15)/t11-/m0/s1. The molecule has 98 valence electrons. The van der Waals surface area contributed by atoms with Crippen molar-refractivity contribution in [3.63, 3.8) is 0 Å². The Hall–Kier alpha value is -1.40. The fourth-order valence-electron chi connectivity index (χ4n) is 1.98. The molecule has 1 heterocycles. The van der Waals surface area contributed by atoms with Crippen LogP contribution in [0.3, 0.4) is 0 Å². The van der Waals surface area contributed by atoms with Crippen LogP contribution in [0.15, 0.2) is 34.7 Å². The maximum atomic E-state index is 11.6. The summed E-state index contributed by atoms with van der Waals surface area (Å²) >= 11 is 3.04. The molecule has 2 aromatic rings. The molecule has 0 radical (unpaired) electrons. The lowest BCUT2D eigenvalue weighted by Gasteiger charge is -2.02. The van der Waals surface area contributed by atoms with E-state index in [-0.39, 0.29) is 5.25 Å². The Morgan fingerprint density at radius 3 is 2.84 bits per heavy atom. The average molecular weight is 291 g/mol. The normalized spacial score (nSPS) is 18.7. The Balaban J connectivity index is 1.65. The maximum absolute atomic E-state index is 11.6. The number of rotatable bonds is 4. The number of Topliss-reactive ketones (excluding diaryl/α,β-unsaturated/α-hetero) is 1. The van der Waals surface area contributed by atoms with Crippen LogP contribution in [0, 0.1) is 0 Å². The Bertz CT molecular complexity index is 570. The highest BCUT2D eigenvalue weighted by molar-refractivity contribution is 8.02. The van der Waals surface area contributed by atoms with Gasteiger partial charge in [-0.15, -0.1) is 10.2 Å². The predicted octanol–water partition coefficient (Wildman–Crippen LogP) is 3.50. The third kappa shape index (κ3) is 3.13. The van der Waals surface area contributed by atoms with Gasteiger partial charge in [0.1, 0.15) is 5.78 Å². The summed E-state index contributed by atoms with van der Waals surface area (Å²) in [5, 5.41) is 12.3. The quantitative estimate of drug-likeness (QED) is 0.934. The first kappa shape index (κ1) is 12.6. The van der Waals surface area contributed by atoms with Crippen molar-refractivity contribution in [1.29, 1.82) is 0 Å². The summed E-state index contributed by atoms with van der Waals surface area (Å²) < 4.78 is 0.860. The van der Waals surface area contributed by atoms with Crippen LogP contribution in [0.1, 0.15) is 19.3 Å². The smallest absolute Gasteiger partial charge is 0.210 e. The molecular weight excluding hydrogens is 278 g/mol. The van der Waals surface area contributed by atoms with Gasteiger partial charge in [-0.2, -0.15) is 0 Å². The van der Waals surface area contributed by atoms with Gasteiger partial charge in [-0.3, -0.25) is 4.79 Å². The SMILES string of the molecule is O=C1CCC[C@@H]1Sc1nnc(Nc2ccccc2)s1. The summed E-state index contributed by atoms with van der Waals surface area (Å²) in [5.74, 6) is 0.345. The van der Waals surface area contributed by atoms with Crippen molar-refractivity contribution in [3.8, 4) is 0 Å². The van der Waals surface area contributed by atoms with Crippen LogP contribution in [0.25, 0.3) is 0 Å². The van der Waals surface area contributed by atoms with Crippen molar-refractivity contribution in [2.45, 2.75) is 28.9 Å². The molecule has 1 aromatic carbocycles. The minimum Gasteiger partial charge on any atom is -0.330 e. The first-order chi connectivity index (χ1) is 9.31. The lowest BCUT2D eigenvalue weighted by Crippen LogP contribution is -2.07. The number of nitrogens with zero attached hydrogens (tertiary/aromatic N) is 2. The minimum absolute atomic E-state index is 0.0810. The lowest BCUT2D eigenvalue weighted by molar-refractivity contribution is -0.116. The van der Waals surface area contributed by atoms with Crippen LogP contribution in [-0.2, 0) is 4.79 Å². The summed E-state index contributed by atoms with van der Waals surface area (Å²) in [6.45, 7) is 0. The van der Waals surface area contributed by atoms with Gasteiger partial charge >= 0.3 is 0 Å². The third-order valence-corrected chi connectivity index (χ3v) is 5.16. The first-order valence-electron chi connectivity index (χ1n) is 6.16. The molecule has 1 saturated carbocycles. The van der Waals surface area contributed by atoms with Crippen LogP contribution in [0.5, 0.6) is 0 Å². The Labute approximate surface area is 119 Å². The van der Waals surface area contributed by atoms with Gasteiger partial charge in [-0.1, -0.05) is 41.3 Å². The average Bonchev–Trinajstić information content (AvgIpc) is 3.02. The summed E-state index contributed by atoms with van der Waals surface area (Å²) in [6.07, 6.45) is 2.68. The Kier molecular flexibility index (Phi) is 3.79. The second kappa shape index (κ2) is 5.71. The van der Waals surface area contributed by atoms with Gasteiger partial charge in [0.2, 0.25) is 5.13 Å². The van der Waals surface area contributed by atoms with Gasteiger partial charge in [-0.05, 0) is 25.0 Å². The molecule has 4 nitrogen and oxygen atoms in total. The maximum Gasteiger partial charge on any atom is 0.210 e. The summed E-state index contributed by atoms with van der Waals surface area (Å²) in [6, 6.07) is 9.87. The number of hydrogen-bond donors (Lipinski definition) is 1. The van der Waals surface area contributed by atoms with E-state index in [4.69, 9.17) is 0 Å². The number of carbonyl (C=O) groups excluding carboxylic acids is 1. The first-order valence-corrected chi connectivity index (χ1v) is 7.86. The third-order valence-electron chi connectivity index (χ3n) is 2.92. The number of anilines is 2. The number of aromatic nitrogens is 2. The summed E-state index contributed by atoms with van der Waals surface area (Å²) in [7, 11) is 0. The number of para-hydroxylation sites is 1. The zero-order valence-electron chi connectivity index (χ0n) is 10.2. The van der Waals surface area contributed by atoms with E-state index >= 15 is 0 Å². The molecule has 0 unspecified atom stereocenters. The molecule has 0 amide bonds. The van der Waals surface area contributed by atoms with Gasteiger partial charge in [0.05, 0.1) is 5.25 Å².